The Morgan fingerprint density at radius 1 is 1.39 bits per heavy atom. The zero-order valence-corrected chi connectivity index (χ0v) is 17.1. The number of hydrogen-bond acceptors (Lipinski definition) is 4. The molecule has 2 aromatic heterocycles. The molecule has 1 aliphatic heterocycles. The van der Waals surface area contributed by atoms with Crippen LogP contribution in [-0.2, 0) is 11.3 Å². The molecule has 4 nitrogen and oxygen atoms in total. The molecule has 3 heterocycles. The van der Waals surface area contributed by atoms with Crippen molar-refractivity contribution in [1.29, 1.82) is 0 Å². The van der Waals surface area contributed by atoms with Crippen LogP contribution in [0.1, 0.15) is 23.3 Å². The van der Waals surface area contributed by atoms with Crippen molar-refractivity contribution < 1.29 is 9.18 Å². The molecule has 1 aliphatic rings. The average molecular weight is 418 g/mol. The van der Waals surface area contributed by atoms with Gasteiger partial charge in [-0.2, -0.15) is 0 Å². The minimum atomic E-state index is -0.381. The van der Waals surface area contributed by atoms with Gasteiger partial charge >= 0.3 is 0 Å². The van der Waals surface area contributed by atoms with Crippen molar-refractivity contribution in [3.63, 3.8) is 0 Å². The van der Waals surface area contributed by atoms with Gasteiger partial charge < -0.3 is 10.2 Å². The number of piperidine rings is 1. The monoisotopic (exact) mass is 417 g/mol. The third-order valence-corrected chi connectivity index (χ3v) is 6.48. The fraction of sp³-hybridized carbons (Fsp3) is 0.333. The first-order valence-corrected chi connectivity index (χ1v) is 10.5. The first-order valence-electron chi connectivity index (χ1n) is 9.33. The smallest absolute Gasteiger partial charge is 0.225 e. The third kappa shape index (κ3) is 3.98. The summed E-state index contributed by atoms with van der Waals surface area (Å²) in [5, 5.41) is 4.44. The molecule has 1 atom stereocenters. The summed E-state index contributed by atoms with van der Waals surface area (Å²) in [6.45, 7) is 3.94. The van der Waals surface area contributed by atoms with Crippen LogP contribution in [0.5, 0.6) is 0 Å². The lowest BCUT2D eigenvalue weighted by atomic mass is 9.96. The van der Waals surface area contributed by atoms with Crippen molar-refractivity contribution in [2.24, 2.45) is 5.92 Å². The molecule has 0 aliphatic carbocycles. The SMILES string of the molecule is Cc1cc2c(N3CCCC(C(=O)NCc4ccc(F)cc4Cl)C3)nccc2s1. The lowest BCUT2D eigenvalue weighted by molar-refractivity contribution is -0.125. The van der Waals surface area contributed by atoms with E-state index in [2.05, 4.69) is 28.2 Å². The number of pyridine rings is 1. The summed E-state index contributed by atoms with van der Waals surface area (Å²) in [6.07, 6.45) is 3.63. The van der Waals surface area contributed by atoms with E-state index in [9.17, 15) is 9.18 Å². The van der Waals surface area contributed by atoms with E-state index >= 15 is 0 Å². The summed E-state index contributed by atoms with van der Waals surface area (Å²) in [6, 6.07) is 8.43. The van der Waals surface area contributed by atoms with Crippen molar-refractivity contribution in [1.82, 2.24) is 10.3 Å². The molecule has 1 N–H and O–H groups in total. The Balaban J connectivity index is 1.45. The van der Waals surface area contributed by atoms with Crippen LogP contribution in [0.3, 0.4) is 0 Å². The number of anilines is 1. The van der Waals surface area contributed by atoms with E-state index in [-0.39, 0.29) is 17.6 Å². The zero-order valence-electron chi connectivity index (χ0n) is 15.5. The van der Waals surface area contributed by atoms with Crippen molar-refractivity contribution in [3.8, 4) is 0 Å². The van der Waals surface area contributed by atoms with Crippen molar-refractivity contribution >= 4 is 44.7 Å². The molecule has 1 fully saturated rings. The van der Waals surface area contributed by atoms with E-state index in [1.165, 1.54) is 21.7 Å². The van der Waals surface area contributed by atoms with Crippen molar-refractivity contribution in [2.45, 2.75) is 26.3 Å². The van der Waals surface area contributed by atoms with Gasteiger partial charge in [0, 0.05) is 45.8 Å². The second kappa shape index (κ2) is 8.05. The minimum Gasteiger partial charge on any atom is -0.355 e. The molecular formula is C21H21ClFN3OS. The maximum absolute atomic E-state index is 13.2. The quantitative estimate of drug-likeness (QED) is 0.654. The zero-order chi connectivity index (χ0) is 19.7. The number of benzene rings is 1. The Labute approximate surface area is 172 Å². The summed E-state index contributed by atoms with van der Waals surface area (Å²) in [7, 11) is 0. The molecule has 28 heavy (non-hydrogen) atoms. The summed E-state index contributed by atoms with van der Waals surface area (Å²) in [4.78, 5) is 20.8. The van der Waals surface area contributed by atoms with Crippen LogP contribution in [0, 0.1) is 18.7 Å². The number of fused-ring (bicyclic) bond motifs is 1. The van der Waals surface area contributed by atoms with Gasteiger partial charge in [-0.05, 0) is 49.6 Å². The van der Waals surface area contributed by atoms with Crippen LogP contribution in [0.4, 0.5) is 10.2 Å². The molecule has 3 aromatic rings. The number of hydrogen-bond donors (Lipinski definition) is 1. The van der Waals surface area contributed by atoms with Crippen LogP contribution in [0.25, 0.3) is 10.1 Å². The lowest BCUT2D eigenvalue weighted by Gasteiger charge is -2.33. The average Bonchev–Trinajstić information content (AvgIpc) is 3.07. The van der Waals surface area contributed by atoms with E-state index in [1.54, 1.807) is 17.4 Å². The molecule has 0 radical (unpaired) electrons. The Hall–Kier alpha value is -2.18. The number of halogens is 2. The number of aromatic nitrogens is 1. The second-order valence-corrected chi connectivity index (χ2v) is 8.84. The number of aryl methyl sites for hydroxylation is 1. The van der Waals surface area contributed by atoms with Gasteiger partial charge in [0.1, 0.15) is 11.6 Å². The Kier molecular flexibility index (Phi) is 5.51. The standard InChI is InChI=1S/C21H21ClFN3OS/c1-13-9-17-19(28-13)6-7-24-20(17)26-8-2-3-15(12-26)21(27)25-11-14-4-5-16(23)10-18(14)22/h4-7,9-10,15H,2-3,8,11-12H2,1H3,(H,25,27). The molecule has 1 amide bonds. The van der Waals surface area contributed by atoms with Gasteiger partial charge in [-0.25, -0.2) is 9.37 Å². The molecule has 0 saturated carbocycles. The molecule has 146 valence electrons. The van der Waals surface area contributed by atoms with Gasteiger partial charge in [0.05, 0.1) is 5.92 Å². The number of carbonyl (C=O) groups excluding carboxylic acids is 1. The highest BCUT2D eigenvalue weighted by Gasteiger charge is 2.27. The molecule has 7 heteroatoms. The Morgan fingerprint density at radius 3 is 3.07 bits per heavy atom. The van der Waals surface area contributed by atoms with Crippen LogP contribution < -0.4 is 10.2 Å². The molecule has 1 unspecified atom stereocenters. The van der Waals surface area contributed by atoms with Crippen LogP contribution in [-0.4, -0.2) is 24.0 Å². The maximum Gasteiger partial charge on any atom is 0.225 e. The van der Waals surface area contributed by atoms with Gasteiger partial charge in [0.15, 0.2) is 0 Å². The summed E-state index contributed by atoms with van der Waals surface area (Å²) < 4.78 is 14.4. The van der Waals surface area contributed by atoms with Crippen molar-refractivity contribution in [2.75, 3.05) is 18.0 Å². The van der Waals surface area contributed by atoms with E-state index < -0.39 is 0 Å². The normalized spacial score (nSPS) is 17.1. The van der Waals surface area contributed by atoms with Crippen molar-refractivity contribution in [3.05, 3.63) is 57.8 Å². The highest BCUT2D eigenvalue weighted by Crippen LogP contribution is 2.33. The predicted molar refractivity (Wildman–Crippen MR) is 113 cm³/mol. The summed E-state index contributed by atoms with van der Waals surface area (Å²) in [5.74, 6) is 0.470. The first-order chi connectivity index (χ1) is 13.5. The van der Waals surface area contributed by atoms with E-state index in [0.29, 0.717) is 23.7 Å². The van der Waals surface area contributed by atoms with Gasteiger partial charge in [-0.3, -0.25) is 4.79 Å². The van der Waals surface area contributed by atoms with Crippen LogP contribution in [0.2, 0.25) is 5.02 Å². The van der Waals surface area contributed by atoms with Gasteiger partial charge in [-0.15, -0.1) is 11.3 Å². The summed E-state index contributed by atoms with van der Waals surface area (Å²) >= 11 is 7.81. The predicted octanol–water partition coefficient (Wildman–Crippen LogP) is 4.93. The highest BCUT2D eigenvalue weighted by atomic mass is 35.5. The van der Waals surface area contributed by atoms with Crippen LogP contribution in [0.15, 0.2) is 36.5 Å². The maximum atomic E-state index is 13.2. The van der Waals surface area contributed by atoms with Gasteiger partial charge in [-0.1, -0.05) is 17.7 Å². The second-order valence-electron chi connectivity index (χ2n) is 7.14. The Morgan fingerprint density at radius 2 is 2.25 bits per heavy atom. The molecule has 1 saturated heterocycles. The Bertz CT molecular complexity index is 1020. The molecule has 0 bridgehead atoms. The van der Waals surface area contributed by atoms with Gasteiger partial charge in [0.25, 0.3) is 0 Å². The van der Waals surface area contributed by atoms with E-state index in [4.69, 9.17) is 11.6 Å². The largest absolute Gasteiger partial charge is 0.355 e. The number of amides is 1. The number of carbonyl (C=O) groups is 1. The first kappa shape index (κ1) is 19.2. The topological polar surface area (TPSA) is 45.2 Å². The number of nitrogens with one attached hydrogen (secondary N) is 1. The van der Waals surface area contributed by atoms with E-state index in [1.807, 2.05) is 12.3 Å². The highest BCUT2D eigenvalue weighted by molar-refractivity contribution is 7.19. The summed E-state index contributed by atoms with van der Waals surface area (Å²) in [5.41, 5.74) is 0.712. The van der Waals surface area contributed by atoms with Gasteiger partial charge in [0.2, 0.25) is 5.91 Å². The molecule has 1 aromatic carbocycles. The number of rotatable bonds is 4. The third-order valence-electron chi connectivity index (χ3n) is 5.11. The minimum absolute atomic E-state index is 0.00114. The van der Waals surface area contributed by atoms with E-state index in [0.717, 1.165) is 30.6 Å². The molecule has 0 spiro atoms. The number of nitrogens with zero attached hydrogens (tertiary/aromatic N) is 2. The lowest BCUT2D eigenvalue weighted by Crippen LogP contribution is -2.43. The van der Waals surface area contributed by atoms with Crippen LogP contribution >= 0.6 is 22.9 Å². The number of thiophene rings is 1. The molecule has 4 rings (SSSR count). The fourth-order valence-electron chi connectivity index (χ4n) is 3.70. The molecular weight excluding hydrogens is 397 g/mol. The fourth-order valence-corrected chi connectivity index (χ4v) is 4.85.